The summed E-state index contributed by atoms with van der Waals surface area (Å²) >= 11 is 0. The lowest BCUT2D eigenvalue weighted by molar-refractivity contribution is 0.453. The lowest BCUT2D eigenvalue weighted by Crippen LogP contribution is -2.12. The van der Waals surface area contributed by atoms with E-state index in [-0.39, 0.29) is 10.7 Å². The van der Waals surface area contributed by atoms with Crippen molar-refractivity contribution in [2.24, 2.45) is 11.8 Å². The van der Waals surface area contributed by atoms with E-state index in [0.29, 0.717) is 11.8 Å². The molecule has 0 aliphatic carbocycles. The SMILES string of the molecule is C=CC(C)[C@H](C)CC(=C)NS(=C)c1ccccc1. The summed E-state index contributed by atoms with van der Waals surface area (Å²) in [5.41, 5.74) is 1.05. The fraction of sp³-hybridized carbons (Fsp3) is 0.312. The van der Waals surface area contributed by atoms with Crippen LogP contribution >= 0.6 is 10.7 Å². The average molecular weight is 261 g/mol. The molecule has 1 aromatic rings. The van der Waals surface area contributed by atoms with Gasteiger partial charge >= 0.3 is 0 Å². The Balaban J connectivity index is 2.51. The van der Waals surface area contributed by atoms with Gasteiger partial charge in [0, 0.05) is 10.6 Å². The zero-order valence-electron chi connectivity index (χ0n) is 11.4. The predicted molar refractivity (Wildman–Crippen MR) is 84.8 cm³/mol. The quantitative estimate of drug-likeness (QED) is 0.558. The van der Waals surface area contributed by atoms with Crippen LogP contribution in [0.5, 0.6) is 0 Å². The minimum absolute atomic E-state index is 0.220. The molecule has 0 heterocycles. The van der Waals surface area contributed by atoms with Crippen molar-refractivity contribution in [1.29, 1.82) is 0 Å². The summed E-state index contributed by atoms with van der Waals surface area (Å²) in [6.45, 7) is 12.3. The molecule has 0 amide bonds. The highest BCUT2D eigenvalue weighted by molar-refractivity contribution is 8.12. The average Bonchev–Trinajstić information content (AvgIpc) is 2.38. The number of allylic oxidation sites excluding steroid dienone is 2. The van der Waals surface area contributed by atoms with E-state index in [1.54, 1.807) is 0 Å². The first-order valence-electron chi connectivity index (χ1n) is 6.20. The van der Waals surface area contributed by atoms with Crippen molar-refractivity contribution in [3.63, 3.8) is 0 Å². The molecular formula is C16H23NS. The molecule has 0 spiro atoms. The normalized spacial score (nSPS) is 15.4. The molecule has 98 valence electrons. The minimum atomic E-state index is -0.220. The third kappa shape index (κ3) is 4.53. The molecule has 0 aliphatic heterocycles. The van der Waals surface area contributed by atoms with E-state index in [2.05, 4.69) is 49.7 Å². The van der Waals surface area contributed by atoms with E-state index in [1.807, 2.05) is 24.3 Å². The Morgan fingerprint density at radius 2 is 1.94 bits per heavy atom. The maximum atomic E-state index is 4.16. The van der Waals surface area contributed by atoms with Crippen LogP contribution in [-0.2, 0) is 0 Å². The molecule has 0 saturated carbocycles. The zero-order valence-corrected chi connectivity index (χ0v) is 12.2. The number of benzene rings is 1. The summed E-state index contributed by atoms with van der Waals surface area (Å²) in [7, 11) is -0.220. The van der Waals surface area contributed by atoms with Gasteiger partial charge in [0.2, 0.25) is 0 Å². The third-order valence-corrected chi connectivity index (χ3v) is 4.51. The van der Waals surface area contributed by atoms with Crippen LogP contribution in [-0.4, -0.2) is 5.87 Å². The molecule has 0 aromatic heterocycles. The fourth-order valence-electron chi connectivity index (χ4n) is 1.67. The molecule has 1 rings (SSSR count). The van der Waals surface area contributed by atoms with E-state index in [9.17, 15) is 0 Å². The summed E-state index contributed by atoms with van der Waals surface area (Å²) in [5.74, 6) is 5.21. The molecule has 0 saturated heterocycles. The largest absolute Gasteiger partial charge is 0.336 e. The van der Waals surface area contributed by atoms with E-state index < -0.39 is 0 Å². The first kappa shape index (κ1) is 14.8. The van der Waals surface area contributed by atoms with Gasteiger partial charge in [-0.05, 0) is 30.4 Å². The highest BCUT2D eigenvalue weighted by Crippen LogP contribution is 2.24. The van der Waals surface area contributed by atoms with Crippen molar-refractivity contribution >= 4 is 16.5 Å². The van der Waals surface area contributed by atoms with Crippen LogP contribution in [0.3, 0.4) is 0 Å². The third-order valence-electron chi connectivity index (χ3n) is 3.13. The minimum Gasteiger partial charge on any atom is -0.336 e. The highest BCUT2D eigenvalue weighted by Gasteiger charge is 2.10. The van der Waals surface area contributed by atoms with E-state index >= 15 is 0 Å². The maximum absolute atomic E-state index is 4.16. The molecule has 2 unspecified atom stereocenters. The Morgan fingerprint density at radius 3 is 2.50 bits per heavy atom. The van der Waals surface area contributed by atoms with Crippen LogP contribution in [0.25, 0.3) is 0 Å². The summed E-state index contributed by atoms with van der Waals surface area (Å²) < 4.78 is 3.39. The monoisotopic (exact) mass is 261 g/mol. The Bertz CT molecular complexity index is 422. The van der Waals surface area contributed by atoms with E-state index in [4.69, 9.17) is 0 Å². The van der Waals surface area contributed by atoms with Gasteiger partial charge < -0.3 is 4.72 Å². The van der Waals surface area contributed by atoms with Gasteiger partial charge in [0.05, 0.1) is 0 Å². The Kier molecular flexibility index (Phi) is 5.93. The zero-order chi connectivity index (χ0) is 13.5. The van der Waals surface area contributed by atoms with E-state index in [0.717, 1.165) is 12.1 Å². The Labute approximate surface area is 114 Å². The molecule has 0 radical (unpaired) electrons. The van der Waals surface area contributed by atoms with Gasteiger partial charge in [0.1, 0.15) is 0 Å². The molecule has 1 aromatic carbocycles. The number of hydrogen-bond acceptors (Lipinski definition) is 1. The summed E-state index contributed by atoms with van der Waals surface area (Å²) in [5, 5.41) is 0. The van der Waals surface area contributed by atoms with Gasteiger partial charge in [-0.2, -0.15) is 0 Å². The van der Waals surface area contributed by atoms with Crippen LogP contribution in [0.4, 0.5) is 0 Å². The number of nitrogens with one attached hydrogen (secondary N) is 1. The molecule has 1 nitrogen and oxygen atoms in total. The lowest BCUT2D eigenvalue weighted by atomic mass is 9.92. The smallest absolute Gasteiger partial charge is 0.0203 e. The van der Waals surface area contributed by atoms with Crippen LogP contribution in [0.2, 0.25) is 0 Å². The standard InChI is InChI=1S/C16H23NS/c1-6-13(2)14(3)12-15(4)17-18(5)16-10-8-7-9-11-16/h6-11,13-14,17H,1,4-5,12H2,2-3H3/t13?,14-,18?/m1/s1. The van der Waals surface area contributed by atoms with Gasteiger partial charge in [-0.25, -0.2) is 0 Å². The van der Waals surface area contributed by atoms with Crippen molar-refractivity contribution in [2.45, 2.75) is 25.2 Å². The topological polar surface area (TPSA) is 12.0 Å². The van der Waals surface area contributed by atoms with E-state index in [1.165, 1.54) is 4.90 Å². The molecule has 0 fully saturated rings. The first-order chi connectivity index (χ1) is 8.54. The van der Waals surface area contributed by atoms with Gasteiger partial charge in [0.25, 0.3) is 0 Å². The first-order valence-corrected chi connectivity index (χ1v) is 7.60. The highest BCUT2D eigenvalue weighted by atomic mass is 32.2. The Hall–Kier alpha value is -1.28. The van der Waals surface area contributed by atoms with Crippen molar-refractivity contribution in [3.8, 4) is 0 Å². The number of rotatable bonds is 7. The fourth-order valence-corrected chi connectivity index (χ4v) is 2.70. The lowest BCUT2D eigenvalue weighted by Gasteiger charge is -2.20. The van der Waals surface area contributed by atoms with Crippen molar-refractivity contribution < 1.29 is 0 Å². The molecule has 1 N–H and O–H groups in total. The second-order valence-corrected chi connectivity index (χ2v) is 6.14. The van der Waals surface area contributed by atoms with Crippen LogP contribution in [0, 0.1) is 11.8 Å². The molecule has 2 heteroatoms. The summed E-state index contributed by atoms with van der Waals surface area (Å²) in [6, 6.07) is 10.3. The van der Waals surface area contributed by atoms with Crippen molar-refractivity contribution in [3.05, 3.63) is 55.3 Å². The summed E-state index contributed by atoms with van der Waals surface area (Å²) in [6.07, 6.45) is 2.96. The molecular weight excluding hydrogens is 238 g/mol. The van der Waals surface area contributed by atoms with Crippen molar-refractivity contribution in [1.82, 2.24) is 4.72 Å². The van der Waals surface area contributed by atoms with Gasteiger partial charge in [-0.3, -0.25) is 0 Å². The second-order valence-electron chi connectivity index (χ2n) is 4.69. The molecule has 3 atom stereocenters. The predicted octanol–water partition coefficient (Wildman–Crippen LogP) is 4.61. The molecule has 0 bridgehead atoms. The van der Waals surface area contributed by atoms with Gasteiger partial charge in [-0.1, -0.05) is 61.2 Å². The van der Waals surface area contributed by atoms with Crippen LogP contribution in [0.1, 0.15) is 20.3 Å². The second kappa shape index (κ2) is 7.22. The van der Waals surface area contributed by atoms with Gasteiger partial charge in [0.15, 0.2) is 0 Å². The molecule has 18 heavy (non-hydrogen) atoms. The number of hydrogen-bond donors (Lipinski definition) is 1. The molecule has 0 aliphatic rings. The Morgan fingerprint density at radius 1 is 1.33 bits per heavy atom. The van der Waals surface area contributed by atoms with Crippen LogP contribution < -0.4 is 4.72 Å². The maximum Gasteiger partial charge on any atom is 0.0203 e. The van der Waals surface area contributed by atoms with Crippen LogP contribution in [0.15, 0.2) is 60.2 Å². The van der Waals surface area contributed by atoms with Crippen molar-refractivity contribution in [2.75, 3.05) is 0 Å². The van der Waals surface area contributed by atoms with Gasteiger partial charge in [-0.15, -0.1) is 6.58 Å². The summed E-state index contributed by atoms with van der Waals surface area (Å²) in [4.78, 5) is 1.21.